The molecule has 1 aromatic heterocycles. The third kappa shape index (κ3) is 2.92. The van der Waals surface area contributed by atoms with Crippen LogP contribution in [0.3, 0.4) is 0 Å². The van der Waals surface area contributed by atoms with Gasteiger partial charge in [0.1, 0.15) is 16.9 Å². The van der Waals surface area contributed by atoms with E-state index in [1.54, 1.807) is 18.3 Å². The predicted octanol–water partition coefficient (Wildman–Crippen LogP) is 3.41. The molecule has 1 saturated heterocycles. The minimum Gasteiger partial charge on any atom is -0.345 e. The van der Waals surface area contributed by atoms with E-state index in [9.17, 15) is 17.2 Å². The Hall–Kier alpha value is -3.01. The van der Waals surface area contributed by atoms with E-state index in [1.807, 2.05) is 10.7 Å². The summed E-state index contributed by atoms with van der Waals surface area (Å²) < 4.78 is 58.1. The molecule has 1 aliphatic heterocycles. The molecule has 2 heterocycles. The van der Waals surface area contributed by atoms with Crippen LogP contribution in [0.15, 0.2) is 42.6 Å². The number of benzene rings is 2. The van der Waals surface area contributed by atoms with Gasteiger partial charge >= 0.3 is 0 Å². The first-order valence-electron chi connectivity index (χ1n) is 9.90. The lowest BCUT2D eigenvalue weighted by molar-refractivity contribution is 0.344. The Morgan fingerprint density at radius 1 is 1.19 bits per heavy atom. The van der Waals surface area contributed by atoms with Crippen LogP contribution in [0.5, 0.6) is 0 Å². The highest BCUT2D eigenvalue weighted by atomic mass is 32.2. The number of rotatable bonds is 3. The molecule has 7 nitrogen and oxygen atoms in total. The van der Waals surface area contributed by atoms with Crippen molar-refractivity contribution in [2.45, 2.75) is 36.6 Å². The number of aromatic nitrogens is 2. The molecule has 2 aliphatic rings. The summed E-state index contributed by atoms with van der Waals surface area (Å²) >= 11 is 0. The van der Waals surface area contributed by atoms with Crippen LogP contribution < -0.4 is 5.32 Å². The maximum atomic E-state index is 14.8. The van der Waals surface area contributed by atoms with Crippen molar-refractivity contribution in [3.63, 3.8) is 0 Å². The molecule has 10 heteroatoms. The summed E-state index contributed by atoms with van der Waals surface area (Å²) in [4.78, 5) is 0. The van der Waals surface area contributed by atoms with Crippen molar-refractivity contribution in [3.8, 4) is 0 Å². The van der Waals surface area contributed by atoms with Gasteiger partial charge in [0, 0.05) is 24.1 Å². The van der Waals surface area contributed by atoms with Crippen molar-refractivity contribution in [2.24, 2.45) is 0 Å². The molecule has 1 saturated carbocycles. The van der Waals surface area contributed by atoms with Crippen LogP contribution in [-0.4, -0.2) is 35.5 Å². The Bertz CT molecular complexity index is 1330. The maximum absolute atomic E-state index is 14.8. The normalized spacial score (nSPS) is 25.6. The third-order valence-corrected chi connectivity index (χ3v) is 8.49. The number of guanidine groups is 1. The number of nitrogens with one attached hydrogen (secondary N) is 2. The molecule has 162 valence electrons. The van der Waals surface area contributed by atoms with Crippen LogP contribution in [0.1, 0.15) is 42.2 Å². The van der Waals surface area contributed by atoms with Crippen molar-refractivity contribution in [3.05, 3.63) is 65.4 Å². The standard InChI is InChI=1S/C21H21F2N5O2S/c1-21(16-7-4-14(22)10-17(16)23)19(31(29,30)27(2)20(24)26-21)12-3-8-18-13(9-12)11-25-28(18)15-5-6-15/h3-4,7-11,15,19H,5-6H2,1-2H3,(H2,24,26)/t19-,21-/m1/s1. The van der Waals surface area contributed by atoms with Gasteiger partial charge in [-0.1, -0.05) is 12.1 Å². The van der Waals surface area contributed by atoms with Crippen molar-refractivity contribution >= 4 is 26.9 Å². The number of halogens is 2. The zero-order valence-corrected chi connectivity index (χ0v) is 17.7. The quantitative estimate of drug-likeness (QED) is 0.647. The lowest BCUT2D eigenvalue weighted by Crippen LogP contribution is -2.62. The minimum absolute atomic E-state index is 0.0332. The second kappa shape index (κ2) is 6.49. The third-order valence-electron chi connectivity index (χ3n) is 6.20. The largest absolute Gasteiger partial charge is 0.345 e. The van der Waals surface area contributed by atoms with Crippen LogP contribution in [0.4, 0.5) is 8.78 Å². The van der Waals surface area contributed by atoms with Crippen LogP contribution in [0.2, 0.25) is 0 Å². The molecule has 1 aliphatic carbocycles. The highest BCUT2D eigenvalue weighted by Gasteiger charge is 2.53. The Balaban J connectivity index is 1.72. The van der Waals surface area contributed by atoms with Gasteiger partial charge < -0.3 is 5.32 Å². The van der Waals surface area contributed by atoms with E-state index in [-0.39, 0.29) is 11.5 Å². The van der Waals surface area contributed by atoms with E-state index in [0.717, 1.165) is 40.2 Å². The van der Waals surface area contributed by atoms with Gasteiger partial charge in [-0.3, -0.25) is 10.1 Å². The summed E-state index contributed by atoms with van der Waals surface area (Å²) in [5.74, 6) is -2.03. The molecule has 0 amide bonds. The first-order chi connectivity index (χ1) is 14.6. The van der Waals surface area contributed by atoms with Crippen LogP contribution in [-0.2, 0) is 15.6 Å². The molecule has 31 heavy (non-hydrogen) atoms. The average molecular weight is 445 g/mol. The fourth-order valence-electron chi connectivity index (χ4n) is 4.44. The second-order valence-electron chi connectivity index (χ2n) is 8.33. The van der Waals surface area contributed by atoms with Gasteiger partial charge in [-0.25, -0.2) is 21.5 Å². The summed E-state index contributed by atoms with van der Waals surface area (Å²) in [5.41, 5.74) is -0.237. The smallest absolute Gasteiger partial charge is 0.246 e. The highest BCUT2D eigenvalue weighted by Crippen LogP contribution is 2.46. The fraction of sp³-hybridized carbons (Fsp3) is 0.333. The zero-order valence-electron chi connectivity index (χ0n) is 16.9. The van der Waals surface area contributed by atoms with Gasteiger partial charge in [-0.2, -0.15) is 5.10 Å². The van der Waals surface area contributed by atoms with E-state index < -0.39 is 32.4 Å². The summed E-state index contributed by atoms with van der Waals surface area (Å²) in [6.07, 6.45) is 3.82. The molecular formula is C21H21F2N5O2S. The van der Waals surface area contributed by atoms with Crippen LogP contribution >= 0.6 is 0 Å². The average Bonchev–Trinajstić information content (AvgIpc) is 3.45. The Morgan fingerprint density at radius 3 is 2.61 bits per heavy atom. The van der Waals surface area contributed by atoms with E-state index >= 15 is 0 Å². The molecule has 2 atom stereocenters. The van der Waals surface area contributed by atoms with Gasteiger partial charge in [0.25, 0.3) is 0 Å². The highest BCUT2D eigenvalue weighted by molar-refractivity contribution is 7.90. The van der Waals surface area contributed by atoms with Crippen molar-refractivity contribution < 1.29 is 17.2 Å². The van der Waals surface area contributed by atoms with Crippen molar-refractivity contribution in [1.82, 2.24) is 19.4 Å². The SMILES string of the molecule is CN1C(=N)N[C@](C)(c2ccc(F)cc2F)[C@@H](c2ccc3c(cnn3C3CC3)c2)S1(=O)=O. The molecule has 2 fully saturated rings. The Kier molecular flexibility index (Phi) is 4.17. The molecule has 0 radical (unpaired) electrons. The predicted molar refractivity (Wildman–Crippen MR) is 112 cm³/mol. The van der Waals surface area contributed by atoms with Crippen molar-refractivity contribution in [1.29, 1.82) is 5.41 Å². The maximum Gasteiger partial charge on any atom is 0.246 e. The van der Waals surface area contributed by atoms with Gasteiger partial charge in [0.05, 0.1) is 23.3 Å². The minimum atomic E-state index is -4.09. The number of nitrogens with zero attached hydrogens (tertiary/aromatic N) is 3. The molecule has 0 bridgehead atoms. The fourth-order valence-corrected chi connectivity index (χ4v) is 6.33. The van der Waals surface area contributed by atoms with Crippen LogP contribution in [0, 0.1) is 17.0 Å². The molecule has 3 aromatic rings. The molecule has 2 N–H and O–H groups in total. The Morgan fingerprint density at radius 2 is 1.94 bits per heavy atom. The first-order valence-corrected chi connectivity index (χ1v) is 11.4. The summed E-state index contributed by atoms with van der Waals surface area (Å²) in [7, 11) is -2.81. The van der Waals surface area contributed by atoms with E-state index in [4.69, 9.17) is 5.41 Å². The molecule has 0 spiro atoms. The number of hydrogen-bond donors (Lipinski definition) is 2. The first kappa shape index (κ1) is 19.9. The molecular weight excluding hydrogens is 424 g/mol. The summed E-state index contributed by atoms with van der Waals surface area (Å²) in [6.45, 7) is 1.52. The Labute approximate surface area is 178 Å². The topological polar surface area (TPSA) is 91.1 Å². The molecule has 2 aromatic carbocycles. The molecule has 5 rings (SSSR count). The lowest BCUT2D eigenvalue weighted by Gasteiger charge is -2.46. The summed E-state index contributed by atoms with van der Waals surface area (Å²) in [5, 5.41) is 14.9. The second-order valence-corrected chi connectivity index (χ2v) is 10.4. The van der Waals surface area contributed by atoms with Gasteiger partial charge in [-0.15, -0.1) is 0 Å². The zero-order chi connectivity index (χ0) is 22.1. The van der Waals surface area contributed by atoms with E-state index in [0.29, 0.717) is 11.6 Å². The van der Waals surface area contributed by atoms with E-state index in [1.165, 1.54) is 20.0 Å². The van der Waals surface area contributed by atoms with Crippen LogP contribution in [0.25, 0.3) is 10.9 Å². The number of sulfonamides is 1. The summed E-state index contributed by atoms with van der Waals surface area (Å²) in [6, 6.07) is 8.67. The van der Waals surface area contributed by atoms with Crippen molar-refractivity contribution in [2.75, 3.05) is 7.05 Å². The van der Waals surface area contributed by atoms with Gasteiger partial charge in [-0.05, 0) is 43.5 Å². The molecule has 0 unspecified atom stereocenters. The number of hydrogen-bond acceptors (Lipinski definition) is 4. The number of fused-ring (bicyclic) bond motifs is 1. The monoisotopic (exact) mass is 445 g/mol. The van der Waals surface area contributed by atoms with E-state index in [2.05, 4.69) is 10.4 Å². The van der Waals surface area contributed by atoms with Gasteiger partial charge in [0.2, 0.25) is 16.0 Å². The van der Waals surface area contributed by atoms with Gasteiger partial charge in [0.15, 0.2) is 0 Å². The lowest BCUT2D eigenvalue weighted by atomic mass is 9.84.